The lowest BCUT2D eigenvalue weighted by molar-refractivity contribution is -0.144. The van der Waals surface area contributed by atoms with Gasteiger partial charge in [-0.05, 0) is 6.08 Å². The summed E-state index contributed by atoms with van der Waals surface area (Å²) < 4.78 is 4.79. The van der Waals surface area contributed by atoms with Crippen molar-refractivity contribution in [2.45, 2.75) is 12.5 Å². The minimum atomic E-state index is -1.09. The third kappa shape index (κ3) is 2.45. The number of cyclic esters (lactones) is 1. The van der Waals surface area contributed by atoms with Crippen LogP contribution in [0.2, 0.25) is 0 Å². The third-order valence-electron chi connectivity index (χ3n) is 2.49. The van der Waals surface area contributed by atoms with Gasteiger partial charge in [0.2, 0.25) is 0 Å². The fourth-order valence-electron chi connectivity index (χ4n) is 1.68. The molecule has 1 heterocycles. The molecule has 0 spiro atoms. The van der Waals surface area contributed by atoms with Crippen molar-refractivity contribution >= 4 is 17.7 Å². The van der Waals surface area contributed by atoms with Crippen molar-refractivity contribution in [2.75, 3.05) is 0 Å². The molecule has 92 valence electrons. The van der Waals surface area contributed by atoms with Crippen molar-refractivity contribution < 1.29 is 24.2 Å². The topological polar surface area (TPSA) is 80.7 Å². The molecule has 1 unspecified atom stereocenters. The molecule has 0 radical (unpaired) electrons. The van der Waals surface area contributed by atoms with Gasteiger partial charge >= 0.3 is 11.9 Å². The zero-order valence-corrected chi connectivity index (χ0v) is 9.33. The van der Waals surface area contributed by atoms with Crippen LogP contribution in [0, 0.1) is 0 Å². The lowest BCUT2D eigenvalue weighted by atomic mass is 10.0. The highest BCUT2D eigenvalue weighted by Crippen LogP contribution is 2.20. The second kappa shape index (κ2) is 4.83. The maximum Gasteiger partial charge on any atom is 0.342 e. The normalized spacial score (nSPS) is 18.1. The maximum absolute atomic E-state index is 12.0. The second-order valence-corrected chi connectivity index (χ2v) is 3.82. The van der Waals surface area contributed by atoms with Gasteiger partial charge in [-0.25, -0.2) is 4.79 Å². The van der Waals surface area contributed by atoms with Gasteiger partial charge in [-0.15, -0.1) is 0 Å². The van der Waals surface area contributed by atoms with Gasteiger partial charge in [-0.2, -0.15) is 0 Å². The fourth-order valence-corrected chi connectivity index (χ4v) is 1.68. The predicted octanol–water partition coefficient (Wildman–Crippen LogP) is 1.20. The summed E-state index contributed by atoms with van der Waals surface area (Å²) in [7, 11) is 0. The molecule has 1 aliphatic heterocycles. The molecule has 0 aliphatic carbocycles. The van der Waals surface area contributed by atoms with E-state index in [0.717, 1.165) is 0 Å². The Kier molecular flexibility index (Phi) is 3.23. The molecule has 0 saturated heterocycles. The van der Waals surface area contributed by atoms with E-state index in [1.54, 1.807) is 30.3 Å². The molecular weight excluding hydrogens is 236 g/mol. The molecular formula is C13H10O5. The molecule has 0 bridgehead atoms. The molecule has 1 atom stereocenters. The van der Waals surface area contributed by atoms with Crippen LogP contribution in [0.25, 0.3) is 0 Å². The summed E-state index contributed by atoms with van der Waals surface area (Å²) in [5.74, 6) is -2.30. The summed E-state index contributed by atoms with van der Waals surface area (Å²) in [6, 6.07) is 8.29. The average molecular weight is 246 g/mol. The highest BCUT2D eigenvalue weighted by Gasteiger charge is 2.31. The van der Waals surface area contributed by atoms with Gasteiger partial charge in [-0.3, -0.25) is 9.59 Å². The van der Waals surface area contributed by atoms with Crippen molar-refractivity contribution in [1.82, 2.24) is 0 Å². The van der Waals surface area contributed by atoms with Gasteiger partial charge in [-0.1, -0.05) is 30.3 Å². The van der Waals surface area contributed by atoms with Crippen LogP contribution in [0.4, 0.5) is 0 Å². The van der Waals surface area contributed by atoms with Crippen LogP contribution >= 0.6 is 0 Å². The number of ketones is 1. The number of carbonyl (C=O) groups is 3. The van der Waals surface area contributed by atoms with Gasteiger partial charge in [0.1, 0.15) is 11.7 Å². The zero-order valence-electron chi connectivity index (χ0n) is 9.33. The highest BCUT2D eigenvalue weighted by molar-refractivity contribution is 6.25. The van der Waals surface area contributed by atoms with Crippen LogP contribution in [0.3, 0.4) is 0 Å². The quantitative estimate of drug-likeness (QED) is 0.490. The lowest BCUT2D eigenvalue weighted by Crippen LogP contribution is -2.14. The Morgan fingerprint density at radius 3 is 2.50 bits per heavy atom. The molecule has 0 fully saturated rings. The van der Waals surface area contributed by atoms with E-state index in [1.165, 1.54) is 6.08 Å². The first-order valence-electron chi connectivity index (χ1n) is 5.32. The van der Waals surface area contributed by atoms with E-state index in [2.05, 4.69) is 0 Å². The Labute approximate surface area is 103 Å². The minimum absolute atomic E-state index is 0.104. The molecule has 0 amide bonds. The molecule has 18 heavy (non-hydrogen) atoms. The number of carboxylic acid groups (broad SMARTS) is 1. The van der Waals surface area contributed by atoms with Crippen molar-refractivity contribution in [3.05, 3.63) is 47.5 Å². The van der Waals surface area contributed by atoms with Crippen LogP contribution in [0.15, 0.2) is 42.0 Å². The van der Waals surface area contributed by atoms with E-state index in [0.29, 0.717) is 5.56 Å². The zero-order chi connectivity index (χ0) is 13.1. The number of ether oxygens (including phenoxy) is 1. The molecule has 1 aromatic carbocycles. The van der Waals surface area contributed by atoms with Crippen LogP contribution in [-0.2, 0) is 14.3 Å². The number of hydrogen-bond donors (Lipinski definition) is 1. The number of esters is 1. The molecule has 2 rings (SSSR count). The minimum Gasteiger partial charge on any atom is -0.481 e. The van der Waals surface area contributed by atoms with Gasteiger partial charge in [0.05, 0.1) is 6.42 Å². The Morgan fingerprint density at radius 2 is 1.89 bits per heavy atom. The smallest absolute Gasteiger partial charge is 0.342 e. The Balaban J connectivity index is 2.20. The Morgan fingerprint density at radius 1 is 1.22 bits per heavy atom. The number of Topliss-reactive ketones (excluding diaryl/α,β-unsaturated/α-hetero) is 1. The van der Waals surface area contributed by atoms with E-state index < -0.39 is 23.8 Å². The number of carbonyl (C=O) groups excluding carboxylic acids is 2. The Hall–Kier alpha value is -2.43. The second-order valence-electron chi connectivity index (χ2n) is 3.82. The van der Waals surface area contributed by atoms with Gasteiger partial charge in [0.15, 0.2) is 5.78 Å². The van der Waals surface area contributed by atoms with Crippen molar-refractivity contribution in [1.29, 1.82) is 0 Å². The summed E-state index contributed by atoms with van der Waals surface area (Å²) in [5.41, 5.74) is 0.268. The Bertz CT molecular complexity index is 530. The lowest BCUT2D eigenvalue weighted by Gasteiger charge is -2.02. The predicted molar refractivity (Wildman–Crippen MR) is 61.0 cm³/mol. The van der Waals surface area contributed by atoms with E-state index >= 15 is 0 Å². The highest BCUT2D eigenvalue weighted by atomic mass is 16.5. The van der Waals surface area contributed by atoms with Gasteiger partial charge < -0.3 is 9.84 Å². The molecule has 1 aliphatic rings. The molecule has 0 saturated carbocycles. The third-order valence-corrected chi connectivity index (χ3v) is 2.49. The largest absolute Gasteiger partial charge is 0.481 e. The maximum atomic E-state index is 12.0. The van der Waals surface area contributed by atoms with E-state index in [-0.39, 0.29) is 12.0 Å². The summed E-state index contributed by atoms with van der Waals surface area (Å²) in [5, 5.41) is 8.60. The standard InChI is InChI=1S/C13H10O5/c14-11(15)7-9-6-10(13(17)18-9)12(16)8-4-2-1-3-5-8/h1-6,9H,7H2,(H,14,15). The molecule has 5 heteroatoms. The van der Waals surface area contributed by atoms with E-state index in [9.17, 15) is 14.4 Å². The number of carboxylic acids is 1. The van der Waals surface area contributed by atoms with Crippen LogP contribution in [0.5, 0.6) is 0 Å². The summed E-state index contributed by atoms with van der Waals surface area (Å²) in [4.78, 5) is 34.0. The fraction of sp³-hybridized carbons (Fsp3) is 0.154. The van der Waals surface area contributed by atoms with Crippen molar-refractivity contribution in [3.63, 3.8) is 0 Å². The molecule has 1 N–H and O–H groups in total. The molecule has 5 nitrogen and oxygen atoms in total. The van der Waals surface area contributed by atoms with Crippen molar-refractivity contribution in [2.24, 2.45) is 0 Å². The average Bonchev–Trinajstić information content (AvgIpc) is 2.69. The number of rotatable bonds is 4. The van der Waals surface area contributed by atoms with Gasteiger partial charge in [0.25, 0.3) is 0 Å². The number of benzene rings is 1. The van der Waals surface area contributed by atoms with Crippen LogP contribution in [-0.4, -0.2) is 28.9 Å². The summed E-state index contributed by atoms with van der Waals surface area (Å²) in [6.07, 6.45) is 0.0704. The number of hydrogen-bond acceptors (Lipinski definition) is 4. The van der Waals surface area contributed by atoms with Crippen LogP contribution in [0.1, 0.15) is 16.8 Å². The van der Waals surface area contributed by atoms with Crippen molar-refractivity contribution in [3.8, 4) is 0 Å². The summed E-state index contributed by atoms with van der Waals surface area (Å²) >= 11 is 0. The SMILES string of the molecule is O=C(O)CC1C=C(C(=O)c2ccccc2)C(=O)O1. The van der Waals surface area contributed by atoms with Crippen LogP contribution < -0.4 is 0 Å². The van der Waals surface area contributed by atoms with E-state index in [4.69, 9.17) is 9.84 Å². The molecule has 1 aromatic rings. The molecule has 0 aromatic heterocycles. The first-order valence-corrected chi connectivity index (χ1v) is 5.32. The first kappa shape index (κ1) is 12.0. The first-order chi connectivity index (χ1) is 8.58. The summed E-state index contributed by atoms with van der Waals surface area (Å²) in [6.45, 7) is 0. The van der Waals surface area contributed by atoms with Gasteiger partial charge in [0, 0.05) is 5.56 Å². The monoisotopic (exact) mass is 246 g/mol. The number of aliphatic carboxylic acids is 1. The van der Waals surface area contributed by atoms with E-state index in [1.807, 2.05) is 0 Å².